The molecule has 1 N–H and O–H groups in total. The number of aliphatic hydroxyl groups excluding tert-OH is 1. The number of nitro benzene ring substituents is 1. The molecule has 0 aliphatic heterocycles. The van der Waals surface area contributed by atoms with Crippen molar-refractivity contribution in [2.75, 3.05) is 0 Å². The number of hydrogen-bond donors (Lipinski definition) is 1. The zero-order valence-electron chi connectivity index (χ0n) is 8.98. The molecule has 0 bridgehead atoms. The first kappa shape index (κ1) is 11.3. The molecule has 88 valence electrons. The molecule has 2 aromatic rings. The van der Waals surface area contributed by atoms with Crippen molar-refractivity contribution in [3.63, 3.8) is 0 Å². The average Bonchev–Trinajstić information content (AvgIpc) is 2.77. The van der Waals surface area contributed by atoms with Gasteiger partial charge in [-0.2, -0.15) is 0 Å². The van der Waals surface area contributed by atoms with Gasteiger partial charge in [-0.15, -0.1) is 0 Å². The average molecular weight is 233 g/mol. The molecule has 6 nitrogen and oxygen atoms in total. The second-order valence-electron chi connectivity index (χ2n) is 3.52. The maximum atomic E-state index is 10.8. The van der Waals surface area contributed by atoms with E-state index in [2.05, 4.69) is 4.98 Å². The third-order valence-corrected chi connectivity index (χ3v) is 2.47. The molecule has 0 spiro atoms. The SMILES string of the molecule is O=[N+]([O-])c1ccccc1Cn1ccnc1CO. The van der Waals surface area contributed by atoms with E-state index in [9.17, 15) is 10.1 Å². The Morgan fingerprint density at radius 1 is 1.41 bits per heavy atom. The van der Waals surface area contributed by atoms with E-state index in [0.717, 1.165) is 0 Å². The van der Waals surface area contributed by atoms with Crippen LogP contribution in [0.5, 0.6) is 0 Å². The Morgan fingerprint density at radius 3 is 2.88 bits per heavy atom. The lowest BCUT2D eigenvalue weighted by Crippen LogP contribution is -2.06. The Bertz CT molecular complexity index is 536. The van der Waals surface area contributed by atoms with Crippen molar-refractivity contribution in [3.05, 3.63) is 58.2 Å². The number of nitrogens with zero attached hydrogens (tertiary/aromatic N) is 3. The van der Waals surface area contributed by atoms with E-state index in [-0.39, 0.29) is 12.3 Å². The summed E-state index contributed by atoms with van der Waals surface area (Å²) < 4.78 is 1.68. The summed E-state index contributed by atoms with van der Waals surface area (Å²) in [5, 5.41) is 19.9. The molecule has 1 heterocycles. The summed E-state index contributed by atoms with van der Waals surface area (Å²) in [5.74, 6) is 0.489. The highest BCUT2D eigenvalue weighted by atomic mass is 16.6. The fraction of sp³-hybridized carbons (Fsp3) is 0.182. The van der Waals surface area contributed by atoms with E-state index in [1.165, 1.54) is 6.07 Å². The molecule has 0 aliphatic rings. The normalized spacial score (nSPS) is 10.4. The smallest absolute Gasteiger partial charge is 0.274 e. The quantitative estimate of drug-likeness (QED) is 0.638. The fourth-order valence-corrected chi connectivity index (χ4v) is 1.64. The number of para-hydroxylation sites is 1. The number of benzene rings is 1. The van der Waals surface area contributed by atoms with Gasteiger partial charge in [0, 0.05) is 24.0 Å². The van der Waals surface area contributed by atoms with Gasteiger partial charge in [-0.05, 0) is 0 Å². The summed E-state index contributed by atoms with van der Waals surface area (Å²) in [6.07, 6.45) is 3.24. The topological polar surface area (TPSA) is 81.2 Å². The summed E-state index contributed by atoms with van der Waals surface area (Å²) in [5.41, 5.74) is 0.662. The largest absolute Gasteiger partial charge is 0.388 e. The summed E-state index contributed by atoms with van der Waals surface area (Å²) >= 11 is 0. The maximum Gasteiger partial charge on any atom is 0.274 e. The van der Waals surface area contributed by atoms with Crippen molar-refractivity contribution in [2.45, 2.75) is 13.2 Å². The molecule has 1 aromatic heterocycles. The number of aliphatic hydroxyl groups is 1. The van der Waals surface area contributed by atoms with Gasteiger partial charge in [0.25, 0.3) is 5.69 Å². The molecule has 0 unspecified atom stereocenters. The molecule has 0 radical (unpaired) electrons. The van der Waals surface area contributed by atoms with E-state index in [1.54, 1.807) is 35.2 Å². The van der Waals surface area contributed by atoms with Crippen molar-refractivity contribution < 1.29 is 10.0 Å². The molecule has 0 amide bonds. The number of hydrogen-bond acceptors (Lipinski definition) is 4. The number of nitro groups is 1. The van der Waals surface area contributed by atoms with E-state index < -0.39 is 4.92 Å². The van der Waals surface area contributed by atoms with Crippen LogP contribution in [0, 0.1) is 10.1 Å². The molecule has 6 heteroatoms. The first-order valence-corrected chi connectivity index (χ1v) is 5.05. The molecule has 1 aromatic carbocycles. The van der Waals surface area contributed by atoms with E-state index in [0.29, 0.717) is 17.9 Å². The van der Waals surface area contributed by atoms with Gasteiger partial charge < -0.3 is 9.67 Å². The molecular weight excluding hydrogens is 222 g/mol. The zero-order valence-corrected chi connectivity index (χ0v) is 8.98. The molecule has 0 fully saturated rings. The van der Waals surface area contributed by atoms with Crippen LogP contribution in [0.4, 0.5) is 5.69 Å². The first-order chi connectivity index (χ1) is 8.22. The van der Waals surface area contributed by atoms with Gasteiger partial charge in [0.2, 0.25) is 0 Å². The van der Waals surface area contributed by atoms with Gasteiger partial charge in [-0.1, -0.05) is 18.2 Å². The van der Waals surface area contributed by atoms with Gasteiger partial charge in [-0.25, -0.2) is 4.98 Å². The van der Waals surface area contributed by atoms with Crippen LogP contribution in [0.3, 0.4) is 0 Å². The lowest BCUT2D eigenvalue weighted by molar-refractivity contribution is -0.385. The summed E-state index contributed by atoms with van der Waals surface area (Å²) in [6, 6.07) is 6.53. The van der Waals surface area contributed by atoms with Crippen molar-refractivity contribution >= 4 is 5.69 Å². The van der Waals surface area contributed by atoms with E-state index in [4.69, 9.17) is 5.11 Å². The lowest BCUT2D eigenvalue weighted by Gasteiger charge is -2.06. The molecule has 2 rings (SSSR count). The molecular formula is C11H11N3O3. The fourth-order valence-electron chi connectivity index (χ4n) is 1.64. The lowest BCUT2D eigenvalue weighted by atomic mass is 10.2. The Kier molecular flexibility index (Phi) is 3.15. The highest BCUT2D eigenvalue weighted by Crippen LogP contribution is 2.19. The Labute approximate surface area is 97.3 Å². The molecule has 0 aliphatic carbocycles. The second kappa shape index (κ2) is 4.75. The van der Waals surface area contributed by atoms with Crippen LogP contribution in [0.1, 0.15) is 11.4 Å². The molecule has 0 atom stereocenters. The monoisotopic (exact) mass is 233 g/mol. The van der Waals surface area contributed by atoms with Crippen molar-refractivity contribution in [2.24, 2.45) is 0 Å². The van der Waals surface area contributed by atoms with Gasteiger partial charge in [-0.3, -0.25) is 10.1 Å². The number of rotatable bonds is 4. The third kappa shape index (κ3) is 2.31. The van der Waals surface area contributed by atoms with Crippen molar-refractivity contribution in [3.8, 4) is 0 Å². The molecule has 0 saturated heterocycles. The minimum atomic E-state index is -0.412. The molecule has 17 heavy (non-hydrogen) atoms. The van der Waals surface area contributed by atoms with Crippen LogP contribution in [0.2, 0.25) is 0 Å². The van der Waals surface area contributed by atoms with Crippen LogP contribution in [0.15, 0.2) is 36.7 Å². The summed E-state index contributed by atoms with van der Waals surface area (Å²) in [4.78, 5) is 14.4. The first-order valence-electron chi connectivity index (χ1n) is 5.05. The standard InChI is InChI=1S/C11H11N3O3/c15-8-11-12-5-6-13(11)7-9-3-1-2-4-10(9)14(16)17/h1-6,15H,7-8H2. The zero-order chi connectivity index (χ0) is 12.3. The van der Waals surface area contributed by atoms with Crippen LogP contribution >= 0.6 is 0 Å². The Balaban J connectivity index is 2.33. The van der Waals surface area contributed by atoms with Crippen LogP contribution in [-0.4, -0.2) is 19.6 Å². The van der Waals surface area contributed by atoms with E-state index >= 15 is 0 Å². The predicted octanol–water partition coefficient (Wildman–Crippen LogP) is 1.33. The maximum absolute atomic E-state index is 10.8. The third-order valence-electron chi connectivity index (χ3n) is 2.47. The highest BCUT2D eigenvalue weighted by Gasteiger charge is 2.13. The van der Waals surface area contributed by atoms with Crippen molar-refractivity contribution in [1.29, 1.82) is 0 Å². The van der Waals surface area contributed by atoms with Crippen molar-refractivity contribution in [1.82, 2.24) is 9.55 Å². The minimum Gasteiger partial charge on any atom is -0.388 e. The van der Waals surface area contributed by atoms with E-state index in [1.807, 2.05) is 0 Å². The van der Waals surface area contributed by atoms with Gasteiger partial charge in [0.1, 0.15) is 12.4 Å². The Morgan fingerprint density at radius 2 is 2.18 bits per heavy atom. The molecule has 0 saturated carbocycles. The van der Waals surface area contributed by atoms with Crippen LogP contribution < -0.4 is 0 Å². The number of aromatic nitrogens is 2. The second-order valence-corrected chi connectivity index (χ2v) is 3.52. The van der Waals surface area contributed by atoms with Crippen LogP contribution in [0.25, 0.3) is 0 Å². The highest BCUT2D eigenvalue weighted by molar-refractivity contribution is 5.39. The summed E-state index contributed by atoms with van der Waals surface area (Å²) in [7, 11) is 0. The van der Waals surface area contributed by atoms with Crippen LogP contribution in [-0.2, 0) is 13.2 Å². The van der Waals surface area contributed by atoms with Gasteiger partial charge >= 0.3 is 0 Å². The minimum absolute atomic E-state index is 0.0742. The van der Waals surface area contributed by atoms with Gasteiger partial charge in [0.15, 0.2) is 0 Å². The predicted molar refractivity (Wildman–Crippen MR) is 60.3 cm³/mol. The number of imidazole rings is 1. The Hall–Kier alpha value is -2.21. The van der Waals surface area contributed by atoms with Gasteiger partial charge in [0.05, 0.1) is 11.5 Å². The summed E-state index contributed by atoms with van der Waals surface area (Å²) in [6.45, 7) is 0.140.